The standard InChI is InChI=1S/C20H23BrO3Si/c1-4-22-25(23-5-2,24-6-3)20-18-14-16-10-8-7-9-15(16)13-17(18)11-12-19(20)21/h7-14H,4-6H2,1-3H3. The summed E-state index contributed by atoms with van der Waals surface area (Å²) in [7, 11) is -3.01. The first kappa shape index (κ1) is 18.5. The maximum atomic E-state index is 6.16. The summed E-state index contributed by atoms with van der Waals surface area (Å²) in [6.07, 6.45) is 0. The Morgan fingerprint density at radius 3 is 1.88 bits per heavy atom. The predicted octanol–water partition coefficient (Wildman–Crippen LogP) is 5.01. The molecule has 132 valence electrons. The molecule has 0 unspecified atom stereocenters. The summed E-state index contributed by atoms with van der Waals surface area (Å²) in [5.74, 6) is 0. The van der Waals surface area contributed by atoms with E-state index in [4.69, 9.17) is 13.3 Å². The zero-order chi connectivity index (χ0) is 17.9. The monoisotopic (exact) mass is 418 g/mol. The summed E-state index contributed by atoms with van der Waals surface area (Å²) in [4.78, 5) is 0. The van der Waals surface area contributed by atoms with Gasteiger partial charge < -0.3 is 13.3 Å². The van der Waals surface area contributed by atoms with E-state index in [1.54, 1.807) is 0 Å². The summed E-state index contributed by atoms with van der Waals surface area (Å²) in [6, 6.07) is 17.0. The molecule has 0 fully saturated rings. The third kappa shape index (κ3) is 3.52. The molecule has 3 rings (SSSR count). The SMILES string of the molecule is CCO[Si](OCC)(OCC)c1c(Br)ccc2cc3ccccc3cc12. The molecule has 3 nitrogen and oxygen atoms in total. The molecule has 0 aromatic heterocycles. The number of fused-ring (bicyclic) bond motifs is 2. The van der Waals surface area contributed by atoms with Crippen molar-refractivity contribution in [3.63, 3.8) is 0 Å². The quantitative estimate of drug-likeness (QED) is 0.398. The fraction of sp³-hybridized carbons (Fsp3) is 0.300. The number of benzene rings is 3. The third-order valence-electron chi connectivity index (χ3n) is 4.14. The highest BCUT2D eigenvalue weighted by Gasteiger charge is 2.46. The van der Waals surface area contributed by atoms with Crippen LogP contribution in [0, 0.1) is 0 Å². The first-order chi connectivity index (χ1) is 12.1. The summed E-state index contributed by atoms with van der Waals surface area (Å²) in [5, 5.41) is 5.71. The highest BCUT2D eigenvalue weighted by atomic mass is 79.9. The molecule has 0 radical (unpaired) electrons. The largest absolute Gasteiger partial charge is 0.538 e. The number of halogens is 1. The zero-order valence-corrected chi connectivity index (χ0v) is 17.4. The van der Waals surface area contributed by atoms with Gasteiger partial charge in [-0.25, -0.2) is 0 Å². The van der Waals surface area contributed by atoms with Crippen LogP contribution in [0.3, 0.4) is 0 Å². The molecule has 0 bridgehead atoms. The summed E-state index contributed by atoms with van der Waals surface area (Å²) in [6.45, 7) is 7.57. The van der Waals surface area contributed by atoms with Crippen molar-refractivity contribution in [2.45, 2.75) is 20.8 Å². The molecule has 0 saturated carbocycles. The molecule has 0 amide bonds. The van der Waals surface area contributed by atoms with Gasteiger partial charge in [0.15, 0.2) is 0 Å². The van der Waals surface area contributed by atoms with Gasteiger partial charge in [0.25, 0.3) is 0 Å². The first-order valence-corrected chi connectivity index (χ1v) is 11.2. The van der Waals surface area contributed by atoms with Crippen molar-refractivity contribution in [1.29, 1.82) is 0 Å². The Kier molecular flexibility index (Phi) is 5.91. The predicted molar refractivity (Wildman–Crippen MR) is 109 cm³/mol. The van der Waals surface area contributed by atoms with E-state index in [2.05, 4.69) is 64.5 Å². The second-order valence-electron chi connectivity index (χ2n) is 5.70. The Hall–Kier alpha value is -1.24. The molecule has 0 aliphatic heterocycles. The van der Waals surface area contributed by atoms with Crippen LogP contribution in [0.1, 0.15) is 20.8 Å². The van der Waals surface area contributed by atoms with Crippen molar-refractivity contribution in [3.8, 4) is 0 Å². The van der Waals surface area contributed by atoms with Crippen molar-refractivity contribution < 1.29 is 13.3 Å². The highest BCUT2D eigenvalue weighted by molar-refractivity contribution is 9.10. The average molecular weight is 419 g/mol. The van der Waals surface area contributed by atoms with Gasteiger partial charge in [-0.2, -0.15) is 0 Å². The van der Waals surface area contributed by atoms with Gasteiger partial charge in [-0.05, 0) is 60.5 Å². The molecule has 25 heavy (non-hydrogen) atoms. The van der Waals surface area contributed by atoms with Crippen LogP contribution in [0.25, 0.3) is 21.5 Å². The van der Waals surface area contributed by atoms with Gasteiger partial charge in [-0.15, -0.1) is 0 Å². The molecule has 5 heteroatoms. The van der Waals surface area contributed by atoms with Gasteiger partial charge >= 0.3 is 8.80 Å². The van der Waals surface area contributed by atoms with Crippen LogP contribution in [0.2, 0.25) is 0 Å². The lowest BCUT2D eigenvalue weighted by molar-refractivity contribution is 0.0861. The first-order valence-electron chi connectivity index (χ1n) is 8.68. The molecule has 3 aromatic carbocycles. The number of hydrogen-bond acceptors (Lipinski definition) is 3. The van der Waals surface area contributed by atoms with Gasteiger partial charge in [0.1, 0.15) is 0 Å². The highest BCUT2D eigenvalue weighted by Crippen LogP contribution is 2.28. The molecule has 3 aromatic rings. The van der Waals surface area contributed by atoms with Crippen LogP contribution in [0.4, 0.5) is 0 Å². The minimum absolute atomic E-state index is 0.544. The van der Waals surface area contributed by atoms with Crippen LogP contribution in [-0.4, -0.2) is 28.6 Å². The molecule has 0 spiro atoms. The average Bonchev–Trinajstić information content (AvgIpc) is 2.60. The molecule has 0 aliphatic carbocycles. The van der Waals surface area contributed by atoms with Crippen LogP contribution in [0.5, 0.6) is 0 Å². The van der Waals surface area contributed by atoms with E-state index in [-0.39, 0.29) is 0 Å². The van der Waals surface area contributed by atoms with Gasteiger partial charge in [-0.1, -0.05) is 46.3 Å². The normalized spacial score (nSPS) is 12.2. The minimum atomic E-state index is -3.01. The van der Waals surface area contributed by atoms with Crippen LogP contribution in [-0.2, 0) is 13.3 Å². The molecule has 0 saturated heterocycles. The zero-order valence-electron chi connectivity index (χ0n) is 14.8. The van der Waals surface area contributed by atoms with E-state index in [1.807, 2.05) is 20.8 Å². The topological polar surface area (TPSA) is 27.7 Å². The fourth-order valence-corrected chi connectivity index (χ4v) is 7.03. The molecular formula is C20H23BrO3Si. The molecule has 0 aliphatic rings. The van der Waals surface area contributed by atoms with E-state index < -0.39 is 8.80 Å². The van der Waals surface area contributed by atoms with Gasteiger partial charge in [-0.3, -0.25) is 0 Å². The Morgan fingerprint density at radius 2 is 1.32 bits per heavy atom. The van der Waals surface area contributed by atoms with E-state index in [1.165, 1.54) is 10.8 Å². The summed E-state index contributed by atoms with van der Waals surface area (Å²) >= 11 is 3.72. The smallest absolute Gasteiger partial charge is 0.370 e. The molecule has 0 heterocycles. The Bertz CT molecular complexity index is 864. The van der Waals surface area contributed by atoms with E-state index in [0.717, 1.165) is 20.4 Å². The van der Waals surface area contributed by atoms with Gasteiger partial charge in [0, 0.05) is 29.5 Å². The minimum Gasteiger partial charge on any atom is -0.370 e. The lowest BCUT2D eigenvalue weighted by Gasteiger charge is -2.30. The van der Waals surface area contributed by atoms with Crippen molar-refractivity contribution >= 4 is 51.5 Å². The second kappa shape index (κ2) is 7.97. The lowest BCUT2D eigenvalue weighted by Crippen LogP contribution is -2.57. The van der Waals surface area contributed by atoms with E-state index >= 15 is 0 Å². The third-order valence-corrected chi connectivity index (χ3v) is 8.33. The maximum absolute atomic E-state index is 6.16. The van der Waals surface area contributed by atoms with Crippen molar-refractivity contribution in [3.05, 3.63) is 53.0 Å². The van der Waals surface area contributed by atoms with Crippen molar-refractivity contribution in [1.82, 2.24) is 0 Å². The molecule has 0 atom stereocenters. The van der Waals surface area contributed by atoms with Crippen molar-refractivity contribution in [2.75, 3.05) is 19.8 Å². The van der Waals surface area contributed by atoms with Gasteiger partial charge in [0.2, 0.25) is 0 Å². The van der Waals surface area contributed by atoms with E-state index in [0.29, 0.717) is 19.8 Å². The van der Waals surface area contributed by atoms with Gasteiger partial charge in [0.05, 0.1) is 0 Å². The second-order valence-corrected chi connectivity index (χ2v) is 9.03. The Balaban J connectivity index is 2.34. The molecule has 0 N–H and O–H groups in total. The Morgan fingerprint density at radius 1 is 0.760 bits per heavy atom. The Labute approximate surface area is 158 Å². The number of hydrogen-bond donors (Lipinski definition) is 0. The van der Waals surface area contributed by atoms with E-state index in [9.17, 15) is 0 Å². The lowest BCUT2D eigenvalue weighted by atomic mass is 10.0. The number of rotatable bonds is 7. The van der Waals surface area contributed by atoms with Crippen LogP contribution < -0.4 is 5.19 Å². The maximum Gasteiger partial charge on any atom is 0.538 e. The summed E-state index contributed by atoms with van der Waals surface area (Å²) in [5.41, 5.74) is 0. The van der Waals surface area contributed by atoms with Crippen LogP contribution >= 0.6 is 15.9 Å². The van der Waals surface area contributed by atoms with Crippen molar-refractivity contribution in [2.24, 2.45) is 0 Å². The summed E-state index contributed by atoms with van der Waals surface area (Å²) < 4.78 is 19.5. The fourth-order valence-electron chi connectivity index (χ4n) is 3.21. The van der Waals surface area contributed by atoms with Crippen LogP contribution in [0.15, 0.2) is 53.0 Å². The molecular weight excluding hydrogens is 396 g/mol.